The third kappa shape index (κ3) is 2.61. The van der Waals surface area contributed by atoms with Gasteiger partial charge in [0.1, 0.15) is 0 Å². The molecule has 0 aromatic heterocycles. The molecule has 1 heterocycles. The van der Waals surface area contributed by atoms with E-state index >= 15 is 0 Å². The van der Waals surface area contributed by atoms with Gasteiger partial charge in [-0.1, -0.05) is 6.92 Å². The van der Waals surface area contributed by atoms with Gasteiger partial charge in [0.15, 0.2) is 6.23 Å². The van der Waals surface area contributed by atoms with Gasteiger partial charge >= 0.3 is 12.0 Å². The molecule has 1 aliphatic rings. The lowest BCUT2D eigenvalue weighted by atomic mass is 10.2. The number of urea groups is 1. The molecule has 1 fully saturated rings. The number of hydrogen-bond donors (Lipinski definition) is 0. The first-order valence-electron chi connectivity index (χ1n) is 5.31. The van der Waals surface area contributed by atoms with Gasteiger partial charge in [-0.2, -0.15) is 0 Å². The SMILES string of the molecule is CCC(=O)OC1CCN(CC)C(=O)N1C. The van der Waals surface area contributed by atoms with Crippen LogP contribution in [0.5, 0.6) is 0 Å². The number of carbonyl (C=O) groups is 2. The first-order chi connectivity index (χ1) is 7.10. The maximum absolute atomic E-state index is 11.7. The molecule has 0 aliphatic carbocycles. The fraction of sp³-hybridized carbons (Fsp3) is 0.800. The van der Waals surface area contributed by atoms with E-state index in [-0.39, 0.29) is 12.0 Å². The van der Waals surface area contributed by atoms with E-state index in [1.54, 1.807) is 18.9 Å². The molecule has 0 N–H and O–H groups in total. The number of carbonyl (C=O) groups excluding carboxylic acids is 2. The first kappa shape index (κ1) is 11.8. The number of amides is 2. The number of ether oxygens (including phenoxy) is 1. The maximum atomic E-state index is 11.7. The van der Waals surface area contributed by atoms with Crippen molar-refractivity contribution in [2.75, 3.05) is 20.1 Å². The second-order valence-corrected chi connectivity index (χ2v) is 3.56. The van der Waals surface area contributed by atoms with Gasteiger partial charge in [0, 0.05) is 33.0 Å². The summed E-state index contributed by atoms with van der Waals surface area (Å²) in [4.78, 5) is 26.0. The summed E-state index contributed by atoms with van der Waals surface area (Å²) < 4.78 is 5.16. The smallest absolute Gasteiger partial charge is 0.322 e. The predicted octanol–water partition coefficient (Wildman–Crippen LogP) is 1.04. The lowest BCUT2D eigenvalue weighted by molar-refractivity contribution is -0.158. The molecule has 2 amide bonds. The molecule has 0 saturated carbocycles. The molecule has 1 aliphatic heterocycles. The van der Waals surface area contributed by atoms with Crippen LogP contribution in [0.2, 0.25) is 0 Å². The van der Waals surface area contributed by atoms with Crippen LogP contribution in [0.3, 0.4) is 0 Å². The Morgan fingerprint density at radius 3 is 2.73 bits per heavy atom. The summed E-state index contributed by atoms with van der Waals surface area (Å²) in [6.45, 7) is 5.02. The van der Waals surface area contributed by atoms with Crippen molar-refractivity contribution in [1.29, 1.82) is 0 Å². The van der Waals surface area contributed by atoms with E-state index in [9.17, 15) is 9.59 Å². The molecule has 0 radical (unpaired) electrons. The van der Waals surface area contributed by atoms with E-state index < -0.39 is 6.23 Å². The Morgan fingerprint density at radius 1 is 1.53 bits per heavy atom. The molecule has 0 aromatic rings. The fourth-order valence-corrected chi connectivity index (χ4v) is 1.57. The van der Waals surface area contributed by atoms with E-state index in [2.05, 4.69) is 0 Å². The van der Waals surface area contributed by atoms with Gasteiger partial charge in [0.25, 0.3) is 0 Å². The molecular formula is C10H18N2O3. The average Bonchev–Trinajstić information content (AvgIpc) is 2.25. The van der Waals surface area contributed by atoms with E-state index in [1.807, 2.05) is 6.92 Å². The molecular weight excluding hydrogens is 196 g/mol. The molecule has 1 atom stereocenters. The minimum atomic E-state index is -0.396. The zero-order valence-electron chi connectivity index (χ0n) is 9.52. The van der Waals surface area contributed by atoms with Crippen LogP contribution in [0.25, 0.3) is 0 Å². The van der Waals surface area contributed by atoms with Gasteiger partial charge in [-0.05, 0) is 6.92 Å². The molecule has 15 heavy (non-hydrogen) atoms. The maximum Gasteiger partial charge on any atom is 0.322 e. The Bertz CT molecular complexity index is 255. The van der Waals surface area contributed by atoms with Crippen molar-refractivity contribution in [3.05, 3.63) is 0 Å². The summed E-state index contributed by atoms with van der Waals surface area (Å²) in [6, 6.07) is -0.0716. The van der Waals surface area contributed by atoms with Crippen molar-refractivity contribution in [2.24, 2.45) is 0 Å². The highest BCUT2D eigenvalue weighted by atomic mass is 16.6. The molecule has 1 unspecified atom stereocenters. The number of nitrogens with zero attached hydrogens (tertiary/aromatic N) is 2. The van der Waals surface area contributed by atoms with Gasteiger partial charge < -0.3 is 9.64 Å². The zero-order chi connectivity index (χ0) is 11.4. The van der Waals surface area contributed by atoms with Crippen LogP contribution < -0.4 is 0 Å². The number of esters is 1. The van der Waals surface area contributed by atoms with E-state index in [4.69, 9.17) is 4.74 Å². The quantitative estimate of drug-likeness (QED) is 0.660. The lowest BCUT2D eigenvalue weighted by Gasteiger charge is -2.38. The second kappa shape index (κ2) is 5.00. The van der Waals surface area contributed by atoms with Crippen LogP contribution in [0.1, 0.15) is 26.7 Å². The van der Waals surface area contributed by atoms with Crippen LogP contribution in [0.4, 0.5) is 4.79 Å². The molecule has 5 nitrogen and oxygen atoms in total. The molecule has 1 saturated heterocycles. The van der Waals surface area contributed by atoms with Crippen molar-refractivity contribution < 1.29 is 14.3 Å². The molecule has 86 valence electrons. The molecule has 0 bridgehead atoms. The summed E-state index contributed by atoms with van der Waals surface area (Å²) in [7, 11) is 1.66. The van der Waals surface area contributed by atoms with Gasteiger partial charge in [0.2, 0.25) is 0 Å². The molecule has 1 rings (SSSR count). The summed E-state index contributed by atoms with van der Waals surface area (Å²) >= 11 is 0. The largest absolute Gasteiger partial charge is 0.441 e. The zero-order valence-corrected chi connectivity index (χ0v) is 9.52. The van der Waals surface area contributed by atoms with Gasteiger partial charge in [0.05, 0.1) is 0 Å². The van der Waals surface area contributed by atoms with Crippen LogP contribution >= 0.6 is 0 Å². The van der Waals surface area contributed by atoms with Gasteiger partial charge in [-0.15, -0.1) is 0 Å². The first-order valence-corrected chi connectivity index (χ1v) is 5.31. The Labute approximate surface area is 90.0 Å². The standard InChI is InChI=1S/C10H18N2O3/c1-4-9(13)15-8-6-7-12(5-2)10(14)11(8)3/h8H,4-7H2,1-3H3. The predicted molar refractivity (Wildman–Crippen MR) is 55.2 cm³/mol. The van der Waals surface area contributed by atoms with Crippen molar-refractivity contribution in [3.63, 3.8) is 0 Å². The third-order valence-corrected chi connectivity index (χ3v) is 2.59. The minimum Gasteiger partial charge on any atom is -0.441 e. The van der Waals surface area contributed by atoms with Crippen molar-refractivity contribution in [3.8, 4) is 0 Å². The number of hydrogen-bond acceptors (Lipinski definition) is 3. The second-order valence-electron chi connectivity index (χ2n) is 3.56. The van der Waals surface area contributed by atoms with Crippen LogP contribution in [-0.2, 0) is 9.53 Å². The average molecular weight is 214 g/mol. The van der Waals surface area contributed by atoms with Gasteiger partial charge in [-0.25, -0.2) is 4.79 Å². The van der Waals surface area contributed by atoms with Crippen molar-refractivity contribution in [2.45, 2.75) is 32.9 Å². The topological polar surface area (TPSA) is 49.9 Å². The van der Waals surface area contributed by atoms with E-state index in [0.29, 0.717) is 25.9 Å². The molecule has 0 aromatic carbocycles. The monoisotopic (exact) mass is 214 g/mol. The summed E-state index contributed by atoms with van der Waals surface area (Å²) in [6.07, 6.45) is 0.630. The lowest BCUT2D eigenvalue weighted by Crippen LogP contribution is -2.53. The summed E-state index contributed by atoms with van der Waals surface area (Å²) in [5.41, 5.74) is 0. The van der Waals surface area contributed by atoms with Gasteiger partial charge in [-0.3, -0.25) is 9.69 Å². The normalized spacial score (nSPS) is 21.8. The van der Waals surface area contributed by atoms with Crippen LogP contribution in [0, 0.1) is 0 Å². The van der Waals surface area contributed by atoms with Crippen LogP contribution in [-0.4, -0.2) is 48.2 Å². The van der Waals surface area contributed by atoms with E-state index in [1.165, 1.54) is 4.90 Å². The summed E-state index contributed by atoms with van der Waals surface area (Å²) in [5, 5.41) is 0. The van der Waals surface area contributed by atoms with E-state index in [0.717, 1.165) is 0 Å². The number of rotatable bonds is 3. The van der Waals surface area contributed by atoms with Crippen molar-refractivity contribution >= 4 is 12.0 Å². The minimum absolute atomic E-state index is 0.0716. The Balaban J connectivity index is 2.56. The van der Waals surface area contributed by atoms with Crippen molar-refractivity contribution in [1.82, 2.24) is 9.80 Å². The highest BCUT2D eigenvalue weighted by Crippen LogP contribution is 2.15. The van der Waals surface area contributed by atoms with Crippen LogP contribution in [0.15, 0.2) is 0 Å². The Kier molecular flexibility index (Phi) is 3.94. The highest BCUT2D eigenvalue weighted by molar-refractivity contribution is 5.76. The third-order valence-electron chi connectivity index (χ3n) is 2.59. The fourth-order valence-electron chi connectivity index (χ4n) is 1.57. The summed E-state index contributed by atoms with van der Waals surface area (Å²) in [5.74, 6) is -0.260. The molecule has 5 heteroatoms. The highest BCUT2D eigenvalue weighted by Gasteiger charge is 2.31. The Hall–Kier alpha value is -1.26. The Morgan fingerprint density at radius 2 is 2.20 bits per heavy atom. The molecule has 0 spiro atoms.